The van der Waals surface area contributed by atoms with E-state index in [0.29, 0.717) is 5.56 Å². The first-order valence-corrected chi connectivity index (χ1v) is 6.24. The number of amides is 1. The molecule has 20 heavy (non-hydrogen) atoms. The Morgan fingerprint density at radius 1 is 1.20 bits per heavy atom. The highest BCUT2D eigenvalue weighted by atomic mass is 19.1. The molecule has 0 spiro atoms. The van der Waals surface area contributed by atoms with Crippen LogP contribution in [0.5, 0.6) is 0 Å². The van der Waals surface area contributed by atoms with Gasteiger partial charge in [-0.1, -0.05) is 6.07 Å². The van der Waals surface area contributed by atoms with Gasteiger partial charge in [-0.25, -0.2) is 4.39 Å². The lowest BCUT2D eigenvalue weighted by Gasteiger charge is -2.09. The average Bonchev–Trinajstić information content (AvgIpc) is 2.85. The second kappa shape index (κ2) is 4.49. The van der Waals surface area contributed by atoms with Gasteiger partial charge in [0.1, 0.15) is 5.82 Å². The number of primary amides is 1. The van der Waals surface area contributed by atoms with Crippen LogP contribution >= 0.6 is 0 Å². The van der Waals surface area contributed by atoms with E-state index in [1.165, 1.54) is 12.1 Å². The molecule has 4 heteroatoms. The number of aromatic amines is 1. The molecule has 0 saturated carbocycles. The first kappa shape index (κ1) is 12.4. The normalized spacial score (nSPS) is 10.9. The molecule has 3 aromatic rings. The van der Waals surface area contributed by atoms with Gasteiger partial charge in [0.05, 0.1) is 11.1 Å². The van der Waals surface area contributed by atoms with Gasteiger partial charge in [-0.15, -0.1) is 0 Å². The minimum absolute atomic E-state index is 0.274. The Morgan fingerprint density at radius 2 is 2.00 bits per heavy atom. The third-order valence-corrected chi connectivity index (χ3v) is 3.42. The van der Waals surface area contributed by atoms with Crippen molar-refractivity contribution < 1.29 is 9.18 Å². The summed E-state index contributed by atoms with van der Waals surface area (Å²) in [4.78, 5) is 14.6. The van der Waals surface area contributed by atoms with Crippen molar-refractivity contribution in [2.24, 2.45) is 5.73 Å². The number of hydrogen-bond donors (Lipinski definition) is 2. The van der Waals surface area contributed by atoms with Crippen molar-refractivity contribution in [3.05, 3.63) is 59.5 Å². The largest absolute Gasteiger partial charge is 0.366 e. The van der Waals surface area contributed by atoms with E-state index in [1.807, 2.05) is 19.1 Å². The number of halogens is 1. The molecule has 0 aliphatic heterocycles. The third-order valence-electron chi connectivity index (χ3n) is 3.42. The van der Waals surface area contributed by atoms with E-state index in [9.17, 15) is 9.18 Å². The monoisotopic (exact) mass is 268 g/mol. The van der Waals surface area contributed by atoms with Gasteiger partial charge in [-0.2, -0.15) is 0 Å². The molecule has 1 aromatic heterocycles. The van der Waals surface area contributed by atoms with E-state index >= 15 is 0 Å². The van der Waals surface area contributed by atoms with E-state index in [2.05, 4.69) is 4.98 Å². The van der Waals surface area contributed by atoms with Gasteiger partial charge in [0.25, 0.3) is 5.91 Å². The highest BCUT2D eigenvalue weighted by Crippen LogP contribution is 2.29. The van der Waals surface area contributed by atoms with Gasteiger partial charge >= 0.3 is 0 Å². The Morgan fingerprint density at radius 3 is 2.70 bits per heavy atom. The van der Waals surface area contributed by atoms with Gasteiger partial charge < -0.3 is 10.7 Å². The summed E-state index contributed by atoms with van der Waals surface area (Å²) >= 11 is 0. The van der Waals surface area contributed by atoms with Crippen LogP contribution in [0.2, 0.25) is 0 Å². The number of rotatable bonds is 2. The number of aromatic nitrogens is 1. The molecule has 0 unspecified atom stereocenters. The van der Waals surface area contributed by atoms with Crippen LogP contribution in [0.25, 0.3) is 22.0 Å². The van der Waals surface area contributed by atoms with E-state index in [4.69, 9.17) is 5.73 Å². The molecule has 1 heterocycles. The van der Waals surface area contributed by atoms with Gasteiger partial charge in [-0.3, -0.25) is 4.79 Å². The second-order valence-electron chi connectivity index (χ2n) is 4.79. The maximum Gasteiger partial charge on any atom is 0.250 e. The summed E-state index contributed by atoms with van der Waals surface area (Å²) in [6.07, 6.45) is 1.76. The number of hydrogen-bond acceptors (Lipinski definition) is 1. The van der Waals surface area contributed by atoms with Crippen molar-refractivity contribution in [2.45, 2.75) is 6.92 Å². The molecular formula is C16H13FN2O. The summed E-state index contributed by atoms with van der Waals surface area (Å²) in [5.74, 6) is -0.761. The SMILES string of the molecule is Cc1cc(F)ccc1-c1cc(C(N)=O)c2[nH]ccc2c1. The van der Waals surface area contributed by atoms with Crippen molar-refractivity contribution in [3.8, 4) is 11.1 Å². The van der Waals surface area contributed by atoms with Gasteiger partial charge in [-0.05, 0) is 53.9 Å². The summed E-state index contributed by atoms with van der Waals surface area (Å²) < 4.78 is 13.2. The predicted molar refractivity (Wildman–Crippen MR) is 76.9 cm³/mol. The summed E-state index contributed by atoms with van der Waals surface area (Å²) in [6, 6.07) is 10.2. The van der Waals surface area contributed by atoms with E-state index in [1.54, 1.807) is 18.3 Å². The molecule has 0 aliphatic rings. The van der Waals surface area contributed by atoms with Gasteiger partial charge in [0, 0.05) is 11.6 Å². The van der Waals surface area contributed by atoms with Gasteiger partial charge in [0.2, 0.25) is 0 Å². The molecular weight excluding hydrogens is 255 g/mol. The average molecular weight is 268 g/mol. The zero-order valence-corrected chi connectivity index (χ0v) is 10.9. The lowest BCUT2D eigenvalue weighted by molar-refractivity contribution is 0.100. The number of carbonyl (C=O) groups is 1. The fraction of sp³-hybridized carbons (Fsp3) is 0.0625. The number of nitrogens with one attached hydrogen (secondary N) is 1. The molecule has 0 aliphatic carbocycles. The Hall–Kier alpha value is -2.62. The quantitative estimate of drug-likeness (QED) is 0.735. The summed E-state index contributed by atoms with van der Waals surface area (Å²) in [5.41, 5.74) is 9.14. The Bertz CT molecular complexity index is 820. The maximum absolute atomic E-state index is 13.2. The number of benzene rings is 2. The van der Waals surface area contributed by atoms with Gasteiger partial charge in [0.15, 0.2) is 0 Å². The van der Waals surface area contributed by atoms with Crippen LogP contribution in [0.1, 0.15) is 15.9 Å². The first-order chi connectivity index (χ1) is 9.56. The molecule has 0 atom stereocenters. The van der Waals surface area contributed by atoms with Crippen LogP contribution < -0.4 is 5.73 Å². The molecule has 1 amide bonds. The summed E-state index contributed by atoms with van der Waals surface area (Å²) in [5, 5.41) is 0.903. The molecule has 3 nitrogen and oxygen atoms in total. The minimum Gasteiger partial charge on any atom is -0.366 e. The highest BCUT2D eigenvalue weighted by molar-refractivity contribution is 6.06. The Kier molecular flexibility index (Phi) is 2.79. The number of fused-ring (bicyclic) bond motifs is 1. The number of H-pyrrole nitrogens is 1. The zero-order chi connectivity index (χ0) is 14.3. The fourth-order valence-electron chi connectivity index (χ4n) is 2.47. The van der Waals surface area contributed by atoms with E-state index < -0.39 is 5.91 Å². The topological polar surface area (TPSA) is 58.9 Å². The zero-order valence-electron chi connectivity index (χ0n) is 10.9. The molecule has 0 bridgehead atoms. The lowest BCUT2D eigenvalue weighted by Crippen LogP contribution is -2.11. The second-order valence-corrected chi connectivity index (χ2v) is 4.79. The van der Waals surface area contributed by atoms with Crippen molar-refractivity contribution in [1.82, 2.24) is 4.98 Å². The smallest absolute Gasteiger partial charge is 0.250 e. The maximum atomic E-state index is 13.2. The van der Waals surface area contributed by atoms with Crippen molar-refractivity contribution in [2.75, 3.05) is 0 Å². The Balaban J connectivity index is 2.28. The number of aryl methyl sites for hydroxylation is 1. The Labute approximate surface area is 115 Å². The number of carbonyl (C=O) groups excluding carboxylic acids is 1. The van der Waals surface area contributed by atoms with Crippen LogP contribution in [0, 0.1) is 12.7 Å². The van der Waals surface area contributed by atoms with E-state index in [0.717, 1.165) is 27.6 Å². The van der Waals surface area contributed by atoms with Crippen LogP contribution in [0.15, 0.2) is 42.6 Å². The standard InChI is InChI=1S/C16H13FN2O/c1-9-6-12(17)2-3-13(9)11-7-10-4-5-19-15(10)14(8-11)16(18)20/h2-8,19H,1H3,(H2,18,20). The predicted octanol–water partition coefficient (Wildman–Crippen LogP) is 3.38. The molecule has 0 saturated heterocycles. The van der Waals surface area contributed by atoms with Crippen molar-refractivity contribution in [3.63, 3.8) is 0 Å². The van der Waals surface area contributed by atoms with Crippen LogP contribution in [-0.4, -0.2) is 10.9 Å². The third kappa shape index (κ3) is 1.95. The molecule has 3 N–H and O–H groups in total. The van der Waals surface area contributed by atoms with Crippen molar-refractivity contribution in [1.29, 1.82) is 0 Å². The molecule has 3 rings (SSSR count). The molecule has 0 fully saturated rings. The van der Waals surface area contributed by atoms with Crippen LogP contribution in [0.3, 0.4) is 0 Å². The summed E-state index contributed by atoms with van der Waals surface area (Å²) in [6.45, 7) is 1.84. The number of nitrogens with two attached hydrogens (primary N) is 1. The highest BCUT2D eigenvalue weighted by Gasteiger charge is 2.12. The fourth-order valence-corrected chi connectivity index (χ4v) is 2.47. The first-order valence-electron chi connectivity index (χ1n) is 6.24. The molecule has 100 valence electrons. The van der Waals surface area contributed by atoms with Crippen molar-refractivity contribution >= 4 is 16.8 Å². The van der Waals surface area contributed by atoms with Crippen LogP contribution in [0.4, 0.5) is 4.39 Å². The molecule has 0 radical (unpaired) electrons. The van der Waals surface area contributed by atoms with E-state index in [-0.39, 0.29) is 5.82 Å². The minimum atomic E-state index is -0.487. The summed E-state index contributed by atoms with van der Waals surface area (Å²) in [7, 11) is 0. The molecule has 2 aromatic carbocycles. The van der Waals surface area contributed by atoms with Crippen LogP contribution in [-0.2, 0) is 0 Å². The lowest BCUT2D eigenvalue weighted by atomic mass is 9.97.